The van der Waals surface area contributed by atoms with Crippen molar-refractivity contribution in [2.45, 2.75) is 13.5 Å². The van der Waals surface area contributed by atoms with Crippen molar-refractivity contribution in [2.75, 3.05) is 12.3 Å². The lowest BCUT2D eigenvalue weighted by atomic mass is 10.1. The van der Waals surface area contributed by atoms with Gasteiger partial charge in [-0.2, -0.15) is 0 Å². The first-order valence-corrected chi connectivity index (χ1v) is 7.65. The van der Waals surface area contributed by atoms with E-state index in [1.807, 2.05) is 35.4 Å². The van der Waals surface area contributed by atoms with E-state index in [2.05, 4.69) is 15.9 Å². The summed E-state index contributed by atoms with van der Waals surface area (Å²) in [7, 11) is 0. The van der Waals surface area contributed by atoms with Crippen molar-refractivity contribution in [2.24, 2.45) is 0 Å². The summed E-state index contributed by atoms with van der Waals surface area (Å²) in [5, 5.41) is 2.02. The summed E-state index contributed by atoms with van der Waals surface area (Å²) in [6, 6.07) is 9.34. The zero-order valence-electron chi connectivity index (χ0n) is 10.6. The van der Waals surface area contributed by atoms with Crippen molar-refractivity contribution in [3.8, 4) is 0 Å². The molecule has 0 aliphatic carbocycles. The predicted octanol–water partition coefficient (Wildman–Crippen LogP) is 3.76. The molecule has 0 fully saturated rings. The molecule has 3 nitrogen and oxygen atoms in total. The molecule has 2 N–H and O–H groups in total. The largest absolute Gasteiger partial charge is 0.398 e. The fraction of sp³-hybridized carbons (Fsp3) is 0.214. The van der Waals surface area contributed by atoms with Crippen LogP contribution >= 0.6 is 27.3 Å². The Kier molecular flexibility index (Phi) is 4.61. The van der Waals surface area contributed by atoms with Gasteiger partial charge in [0.2, 0.25) is 0 Å². The lowest BCUT2D eigenvalue weighted by molar-refractivity contribution is 0.0754. The molecule has 1 amide bonds. The summed E-state index contributed by atoms with van der Waals surface area (Å²) in [5.41, 5.74) is 7.03. The van der Waals surface area contributed by atoms with E-state index in [-0.39, 0.29) is 5.91 Å². The average Bonchev–Trinajstić information content (AvgIpc) is 2.91. The summed E-state index contributed by atoms with van der Waals surface area (Å²) < 4.78 is 0.811. The maximum absolute atomic E-state index is 12.4. The number of benzene rings is 1. The number of carbonyl (C=O) groups is 1. The molecule has 1 aromatic carbocycles. The number of nitrogens with two attached hydrogens (primary N) is 1. The molecule has 2 aromatic rings. The monoisotopic (exact) mass is 338 g/mol. The van der Waals surface area contributed by atoms with Crippen molar-refractivity contribution >= 4 is 38.9 Å². The number of nitrogens with zero attached hydrogens (tertiary/aromatic N) is 1. The van der Waals surface area contributed by atoms with Crippen LogP contribution in [0.15, 0.2) is 40.2 Å². The fourth-order valence-electron chi connectivity index (χ4n) is 1.78. The van der Waals surface area contributed by atoms with Gasteiger partial charge in [0.1, 0.15) is 0 Å². The maximum Gasteiger partial charge on any atom is 0.254 e. The van der Waals surface area contributed by atoms with Crippen LogP contribution in [-0.4, -0.2) is 17.4 Å². The first-order chi connectivity index (χ1) is 9.11. The van der Waals surface area contributed by atoms with E-state index in [9.17, 15) is 4.79 Å². The molecule has 0 aliphatic heterocycles. The van der Waals surface area contributed by atoms with Gasteiger partial charge in [0.25, 0.3) is 5.91 Å². The molecule has 100 valence electrons. The lowest BCUT2D eigenvalue weighted by Crippen LogP contribution is -2.30. The molecule has 0 unspecified atom stereocenters. The molecule has 0 aliphatic rings. The quantitative estimate of drug-likeness (QED) is 0.863. The Morgan fingerprint density at radius 2 is 2.21 bits per heavy atom. The Bertz CT molecular complexity index is 569. The first kappa shape index (κ1) is 14.1. The Morgan fingerprint density at radius 1 is 1.42 bits per heavy atom. The van der Waals surface area contributed by atoms with Gasteiger partial charge in [0, 0.05) is 27.1 Å². The summed E-state index contributed by atoms with van der Waals surface area (Å²) in [6.07, 6.45) is 0. The van der Waals surface area contributed by atoms with Gasteiger partial charge in [-0.3, -0.25) is 4.79 Å². The van der Waals surface area contributed by atoms with Gasteiger partial charge in [-0.1, -0.05) is 6.07 Å². The van der Waals surface area contributed by atoms with Crippen LogP contribution in [-0.2, 0) is 6.54 Å². The Labute approximate surface area is 125 Å². The van der Waals surface area contributed by atoms with Gasteiger partial charge in [-0.25, -0.2) is 0 Å². The van der Waals surface area contributed by atoms with Crippen LogP contribution in [0.25, 0.3) is 0 Å². The number of carbonyl (C=O) groups excluding carboxylic acids is 1. The third-order valence-corrected chi connectivity index (χ3v) is 4.42. The molecule has 0 saturated heterocycles. The number of halogens is 1. The minimum Gasteiger partial charge on any atom is -0.398 e. The summed E-state index contributed by atoms with van der Waals surface area (Å²) >= 11 is 4.99. The van der Waals surface area contributed by atoms with Gasteiger partial charge < -0.3 is 10.6 Å². The van der Waals surface area contributed by atoms with Crippen LogP contribution in [0.1, 0.15) is 22.2 Å². The number of amides is 1. The summed E-state index contributed by atoms with van der Waals surface area (Å²) in [4.78, 5) is 15.4. The second kappa shape index (κ2) is 6.21. The highest BCUT2D eigenvalue weighted by Gasteiger charge is 2.15. The highest BCUT2D eigenvalue weighted by atomic mass is 79.9. The Morgan fingerprint density at radius 3 is 2.79 bits per heavy atom. The predicted molar refractivity (Wildman–Crippen MR) is 83.3 cm³/mol. The van der Waals surface area contributed by atoms with Gasteiger partial charge in [-0.05, 0) is 52.5 Å². The molecule has 0 radical (unpaired) electrons. The van der Waals surface area contributed by atoms with E-state index in [4.69, 9.17) is 5.73 Å². The highest BCUT2D eigenvalue weighted by Crippen LogP contribution is 2.22. The number of hydrogen-bond donors (Lipinski definition) is 1. The van der Waals surface area contributed by atoms with Gasteiger partial charge >= 0.3 is 0 Å². The standard InChI is InChI=1S/C14H15BrN2OS/c1-2-17(9-11-4-3-7-19-11)14(18)10-5-6-12(15)13(16)8-10/h3-8H,2,9,16H2,1H3. The molecule has 0 bridgehead atoms. The number of nitrogen functional groups attached to an aromatic ring is 1. The smallest absolute Gasteiger partial charge is 0.254 e. The number of rotatable bonds is 4. The van der Waals surface area contributed by atoms with Crippen molar-refractivity contribution in [3.05, 3.63) is 50.6 Å². The van der Waals surface area contributed by atoms with Crippen LogP contribution in [0.2, 0.25) is 0 Å². The molecule has 0 spiro atoms. The fourth-order valence-corrected chi connectivity index (χ4v) is 2.74. The van der Waals surface area contributed by atoms with Crippen LogP contribution in [0.5, 0.6) is 0 Å². The topological polar surface area (TPSA) is 46.3 Å². The molecular weight excluding hydrogens is 324 g/mol. The average molecular weight is 339 g/mol. The van der Waals surface area contributed by atoms with E-state index >= 15 is 0 Å². The van der Waals surface area contributed by atoms with Crippen LogP contribution in [0.3, 0.4) is 0 Å². The van der Waals surface area contributed by atoms with E-state index in [1.54, 1.807) is 23.5 Å². The van der Waals surface area contributed by atoms with E-state index < -0.39 is 0 Å². The number of thiophene rings is 1. The third kappa shape index (κ3) is 3.36. The zero-order chi connectivity index (χ0) is 13.8. The van der Waals surface area contributed by atoms with Crippen molar-refractivity contribution in [3.63, 3.8) is 0 Å². The molecule has 2 rings (SSSR count). The second-order valence-corrected chi connectivity index (χ2v) is 6.02. The van der Waals surface area contributed by atoms with Crippen LogP contribution in [0.4, 0.5) is 5.69 Å². The van der Waals surface area contributed by atoms with Crippen molar-refractivity contribution in [1.82, 2.24) is 4.90 Å². The second-order valence-electron chi connectivity index (χ2n) is 4.13. The molecule has 0 atom stereocenters. The van der Waals surface area contributed by atoms with Gasteiger partial charge in [-0.15, -0.1) is 11.3 Å². The third-order valence-electron chi connectivity index (χ3n) is 2.84. The lowest BCUT2D eigenvalue weighted by Gasteiger charge is -2.20. The highest BCUT2D eigenvalue weighted by molar-refractivity contribution is 9.10. The van der Waals surface area contributed by atoms with Crippen LogP contribution in [0, 0.1) is 0 Å². The van der Waals surface area contributed by atoms with Gasteiger partial charge in [0.05, 0.1) is 6.54 Å². The minimum atomic E-state index is 0.00935. The SMILES string of the molecule is CCN(Cc1cccs1)C(=O)c1ccc(Br)c(N)c1. The molecule has 0 saturated carbocycles. The normalized spacial score (nSPS) is 10.4. The molecule has 5 heteroatoms. The number of anilines is 1. The number of hydrogen-bond acceptors (Lipinski definition) is 3. The van der Waals surface area contributed by atoms with E-state index in [0.717, 1.165) is 4.47 Å². The summed E-state index contributed by atoms with van der Waals surface area (Å²) in [6.45, 7) is 3.30. The van der Waals surface area contributed by atoms with Crippen molar-refractivity contribution < 1.29 is 4.79 Å². The van der Waals surface area contributed by atoms with Crippen LogP contribution < -0.4 is 5.73 Å². The Hall–Kier alpha value is -1.33. The minimum absolute atomic E-state index is 0.00935. The van der Waals surface area contributed by atoms with Gasteiger partial charge in [0.15, 0.2) is 0 Å². The Balaban J connectivity index is 2.18. The zero-order valence-corrected chi connectivity index (χ0v) is 13.0. The maximum atomic E-state index is 12.4. The van der Waals surface area contributed by atoms with E-state index in [0.29, 0.717) is 24.3 Å². The molecule has 19 heavy (non-hydrogen) atoms. The summed E-state index contributed by atoms with van der Waals surface area (Å²) in [5.74, 6) is 0.00935. The van der Waals surface area contributed by atoms with Crippen molar-refractivity contribution in [1.29, 1.82) is 0 Å². The molecular formula is C14H15BrN2OS. The van der Waals surface area contributed by atoms with E-state index in [1.165, 1.54) is 4.88 Å². The molecule has 1 heterocycles. The first-order valence-electron chi connectivity index (χ1n) is 5.98. The molecule has 1 aromatic heterocycles.